The van der Waals surface area contributed by atoms with Crippen LogP contribution in [0.25, 0.3) is 6.08 Å². The number of phenolic OH excluding ortho intramolecular Hbond substituents is 1. The molecule has 0 radical (unpaired) electrons. The van der Waals surface area contributed by atoms with Crippen LogP contribution in [0.3, 0.4) is 0 Å². The van der Waals surface area contributed by atoms with Crippen molar-refractivity contribution in [2.24, 2.45) is 0 Å². The lowest BCUT2D eigenvalue weighted by molar-refractivity contribution is 0.104. The third-order valence-corrected chi connectivity index (χ3v) is 3.52. The number of carbonyl (C=O) groups excluding carboxylic acids is 1. The summed E-state index contributed by atoms with van der Waals surface area (Å²) in [5, 5.41) is 10.0. The molecule has 5 heteroatoms. The van der Waals surface area contributed by atoms with Crippen molar-refractivity contribution in [2.75, 3.05) is 13.2 Å². The highest BCUT2D eigenvalue weighted by molar-refractivity contribution is 6.32. The molecule has 0 unspecified atom stereocenters. The zero-order chi connectivity index (χ0) is 17.5. The summed E-state index contributed by atoms with van der Waals surface area (Å²) in [6.07, 6.45) is 3.06. The third kappa shape index (κ3) is 4.30. The fourth-order valence-corrected chi connectivity index (χ4v) is 2.39. The molecule has 0 aromatic heterocycles. The van der Waals surface area contributed by atoms with Crippen molar-refractivity contribution in [1.82, 2.24) is 0 Å². The van der Waals surface area contributed by atoms with Gasteiger partial charge in [-0.3, -0.25) is 4.79 Å². The summed E-state index contributed by atoms with van der Waals surface area (Å²) in [6, 6.07) is 10.3. The molecule has 24 heavy (non-hydrogen) atoms. The van der Waals surface area contributed by atoms with Gasteiger partial charge in [-0.1, -0.05) is 29.8 Å². The SMILES string of the molecule is CCOc1ccccc1C(=O)/C=C/c1cc(Cl)c(O)c(OCC)c1. The van der Waals surface area contributed by atoms with Crippen molar-refractivity contribution < 1.29 is 19.4 Å². The molecule has 0 spiro atoms. The van der Waals surface area contributed by atoms with Crippen LogP contribution in [0, 0.1) is 0 Å². The topological polar surface area (TPSA) is 55.8 Å². The number of allylic oxidation sites excluding steroid dienone is 1. The Morgan fingerprint density at radius 1 is 1.12 bits per heavy atom. The van der Waals surface area contributed by atoms with Gasteiger partial charge in [-0.05, 0) is 49.8 Å². The highest BCUT2D eigenvalue weighted by atomic mass is 35.5. The standard InChI is InChI=1S/C19H19ClO4/c1-3-23-17-8-6-5-7-14(17)16(21)10-9-13-11-15(20)19(22)18(12-13)24-4-2/h5-12,22H,3-4H2,1-2H3/b10-9+. The molecular formula is C19H19ClO4. The maximum absolute atomic E-state index is 12.4. The van der Waals surface area contributed by atoms with Crippen LogP contribution in [0.2, 0.25) is 5.02 Å². The Morgan fingerprint density at radius 3 is 2.50 bits per heavy atom. The minimum absolute atomic E-state index is 0.108. The quantitative estimate of drug-likeness (QED) is 0.581. The van der Waals surface area contributed by atoms with Gasteiger partial charge in [0.25, 0.3) is 0 Å². The monoisotopic (exact) mass is 346 g/mol. The Labute approximate surface area is 146 Å². The van der Waals surface area contributed by atoms with E-state index in [1.54, 1.807) is 36.4 Å². The van der Waals surface area contributed by atoms with E-state index in [4.69, 9.17) is 21.1 Å². The number of para-hydroxylation sites is 1. The molecule has 0 fully saturated rings. The number of carbonyl (C=O) groups is 1. The maximum Gasteiger partial charge on any atom is 0.189 e. The largest absolute Gasteiger partial charge is 0.503 e. The first-order valence-corrected chi connectivity index (χ1v) is 8.04. The number of benzene rings is 2. The summed E-state index contributed by atoms with van der Waals surface area (Å²) >= 11 is 5.98. The van der Waals surface area contributed by atoms with Gasteiger partial charge in [0, 0.05) is 0 Å². The van der Waals surface area contributed by atoms with Crippen LogP contribution in [0.5, 0.6) is 17.2 Å². The number of ether oxygens (including phenoxy) is 2. The van der Waals surface area contributed by atoms with Gasteiger partial charge in [0.15, 0.2) is 17.3 Å². The summed E-state index contributed by atoms with van der Waals surface area (Å²) in [6.45, 7) is 4.56. The minimum atomic E-state index is -0.179. The van der Waals surface area contributed by atoms with E-state index in [-0.39, 0.29) is 22.3 Å². The third-order valence-electron chi connectivity index (χ3n) is 3.23. The summed E-state index contributed by atoms with van der Waals surface area (Å²) < 4.78 is 10.8. The molecule has 0 saturated carbocycles. The van der Waals surface area contributed by atoms with Gasteiger partial charge in [-0.15, -0.1) is 0 Å². The van der Waals surface area contributed by atoms with Gasteiger partial charge in [0.2, 0.25) is 0 Å². The number of rotatable bonds is 7. The number of ketones is 1. The molecule has 0 amide bonds. The van der Waals surface area contributed by atoms with E-state index in [2.05, 4.69) is 0 Å². The molecule has 126 valence electrons. The Hall–Kier alpha value is -2.46. The molecular weight excluding hydrogens is 328 g/mol. The van der Waals surface area contributed by atoms with E-state index in [9.17, 15) is 9.90 Å². The molecule has 0 aliphatic carbocycles. The van der Waals surface area contributed by atoms with E-state index in [1.807, 2.05) is 19.9 Å². The number of halogens is 1. The van der Waals surface area contributed by atoms with Gasteiger partial charge >= 0.3 is 0 Å². The van der Waals surface area contributed by atoms with Gasteiger partial charge < -0.3 is 14.6 Å². The molecule has 2 rings (SSSR count). The molecule has 0 aliphatic rings. The Kier molecular flexibility index (Phi) is 6.27. The van der Waals surface area contributed by atoms with E-state index < -0.39 is 0 Å². The van der Waals surface area contributed by atoms with Gasteiger partial charge in [0.05, 0.1) is 23.8 Å². The van der Waals surface area contributed by atoms with E-state index >= 15 is 0 Å². The molecule has 4 nitrogen and oxygen atoms in total. The van der Waals surface area contributed by atoms with Crippen molar-refractivity contribution in [1.29, 1.82) is 0 Å². The fourth-order valence-electron chi connectivity index (χ4n) is 2.17. The van der Waals surface area contributed by atoms with E-state index in [1.165, 1.54) is 6.08 Å². The van der Waals surface area contributed by atoms with Gasteiger partial charge in [0.1, 0.15) is 5.75 Å². The van der Waals surface area contributed by atoms with E-state index in [0.29, 0.717) is 30.1 Å². The smallest absolute Gasteiger partial charge is 0.189 e. The van der Waals surface area contributed by atoms with Crippen molar-refractivity contribution in [2.45, 2.75) is 13.8 Å². The Bertz CT molecular complexity index is 753. The van der Waals surface area contributed by atoms with Gasteiger partial charge in [-0.25, -0.2) is 0 Å². The highest BCUT2D eigenvalue weighted by Crippen LogP contribution is 2.35. The first-order chi connectivity index (χ1) is 11.6. The number of hydrogen-bond donors (Lipinski definition) is 1. The molecule has 0 heterocycles. The maximum atomic E-state index is 12.4. The highest BCUT2D eigenvalue weighted by Gasteiger charge is 2.11. The van der Waals surface area contributed by atoms with Crippen LogP contribution in [0.1, 0.15) is 29.8 Å². The molecule has 0 atom stereocenters. The molecule has 1 N–H and O–H groups in total. The predicted molar refractivity (Wildman–Crippen MR) is 95.3 cm³/mol. The predicted octanol–water partition coefficient (Wildman–Crippen LogP) is 4.74. The van der Waals surface area contributed by atoms with Crippen molar-refractivity contribution in [3.05, 3.63) is 58.6 Å². The van der Waals surface area contributed by atoms with Crippen LogP contribution in [-0.4, -0.2) is 24.1 Å². The molecule has 0 bridgehead atoms. The molecule has 0 saturated heterocycles. The second-order valence-electron chi connectivity index (χ2n) is 4.91. The first kappa shape index (κ1) is 17.9. The second-order valence-corrected chi connectivity index (χ2v) is 5.32. The molecule has 2 aromatic rings. The second kappa shape index (κ2) is 8.41. The van der Waals surface area contributed by atoms with Crippen molar-refractivity contribution in [3.63, 3.8) is 0 Å². The Morgan fingerprint density at radius 2 is 1.79 bits per heavy atom. The van der Waals surface area contributed by atoms with Crippen LogP contribution in [-0.2, 0) is 0 Å². The zero-order valence-corrected chi connectivity index (χ0v) is 14.3. The summed E-state index contributed by atoms with van der Waals surface area (Å²) in [7, 11) is 0. The molecule has 2 aromatic carbocycles. The summed E-state index contributed by atoms with van der Waals surface area (Å²) in [5.74, 6) is 0.546. The lowest BCUT2D eigenvalue weighted by atomic mass is 10.1. The number of hydrogen-bond acceptors (Lipinski definition) is 4. The van der Waals surface area contributed by atoms with Crippen LogP contribution < -0.4 is 9.47 Å². The van der Waals surface area contributed by atoms with Crippen molar-refractivity contribution in [3.8, 4) is 17.2 Å². The number of phenols is 1. The van der Waals surface area contributed by atoms with Crippen LogP contribution in [0.15, 0.2) is 42.5 Å². The van der Waals surface area contributed by atoms with Crippen LogP contribution >= 0.6 is 11.6 Å². The average molecular weight is 347 g/mol. The minimum Gasteiger partial charge on any atom is -0.503 e. The lowest BCUT2D eigenvalue weighted by Crippen LogP contribution is -2.01. The summed E-state index contributed by atoms with van der Waals surface area (Å²) in [5.41, 5.74) is 1.15. The van der Waals surface area contributed by atoms with Crippen LogP contribution in [0.4, 0.5) is 0 Å². The average Bonchev–Trinajstić information content (AvgIpc) is 2.58. The zero-order valence-electron chi connectivity index (χ0n) is 13.6. The van der Waals surface area contributed by atoms with Gasteiger partial charge in [-0.2, -0.15) is 0 Å². The Balaban J connectivity index is 2.26. The summed E-state index contributed by atoms with van der Waals surface area (Å²) in [4.78, 5) is 12.4. The number of aromatic hydroxyl groups is 1. The van der Waals surface area contributed by atoms with Crippen molar-refractivity contribution >= 4 is 23.5 Å². The lowest BCUT2D eigenvalue weighted by Gasteiger charge is -2.09. The molecule has 0 aliphatic heterocycles. The van der Waals surface area contributed by atoms with E-state index in [0.717, 1.165) is 0 Å². The normalized spacial score (nSPS) is 10.8. The first-order valence-electron chi connectivity index (χ1n) is 7.66. The fraction of sp³-hybridized carbons (Fsp3) is 0.211.